The van der Waals surface area contributed by atoms with Gasteiger partial charge in [0.1, 0.15) is 5.82 Å². The van der Waals surface area contributed by atoms with Gasteiger partial charge in [-0.25, -0.2) is 9.18 Å². The Morgan fingerprint density at radius 1 is 1.37 bits per heavy atom. The zero-order valence-electron chi connectivity index (χ0n) is 9.86. The zero-order valence-corrected chi connectivity index (χ0v) is 12.8. The van der Waals surface area contributed by atoms with E-state index in [-0.39, 0.29) is 17.1 Å². The molecule has 0 unspecified atom stereocenters. The molecule has 1 aromatic carbocycles. The van der Waals surface area contributed by atoms with Crippen LogP contribution in [0.5, 0.6) is 0 Å². The molecule has 19 heavy (non-hydrogen) atoms. The number of hydrogen-bond donors (Lipinski definition) is 0. The first kappa shape index (κ1) is 14.3. The average molecular weight is 395 g/mol. The molecule has 0 aliphatic carbocycles. The fourth-order valence-corrected chi connectivity index (χ4v) is 2.51. The summed E-state index contributed by atoms with van der Waals surface area (Å²) in [7, 11) is 1.54. The summed E-state index contributed by atoms with van der Waals surface area (Å²) in [5.74, 6) is -0.541. The fourth-order valence-electron chi connectivity index (χ4n) is 1.65. The summed E-state index contributed by atoms with van der Waals surface area (Å²) in [5.41, 5.74) is -0.677. The van der Waals surface area contributed by atoms with E-state index in [0.717, 1.165) is 10.6 Å². The van der Waals surface area contributed by atoms with Crippen LogP contribution in [0.1, 0.15) is 5.56 Å². The number of halogens is 3. The van der Waals surface area contributed by atoms with Crippen molar-refractivity contribution >= 4 is 34.2 Å². The maximum absolute atomic E-state index is 13.7. The maximum atomic E-state index is 13.7. The van der Waals surface area contributed by atoms with E-state index < -0.39 is 17.1 Å². The van der Waals surface area contributed by atoms with Crippen molar-refractivity contribution in [2.45, 2.75) is 6.54 Å². The van der Waals surface area contributed by atoms with Crippen molar-refractivity contribution < 1.29 is 4.39 Å². The molecule has 0 N–H and O–H groups in total. The second-order valence-corrected chi connectivity index (χ2v) is 5.60. The van der Waals surface area contributed by atoms with Gasteiger partial charge in [0.25, 0.3) is 5.56 Å². The summed E-state index contributed by atoms with van der Waals surface area (Å²) in [6, 6.07) is 4.13. The minimum absolute atomic E-state index is 0.120. The van der Waals surface area contributed by atoms with Crippen LogP contribution < -0.4 is 11.2 Å². The Morgan fingerprint density at radius 2 is 2.05 bits per heavy atom. The van der Waals surface area contributed by atoms with E-state index in [2.05, 4.69) is 0 Å². The normalized spacial score (nSPS) is 10.7. The van der Waals surface area contributed by atoms with Crippen LogP contribution in [0.4, 0.5) is 4.39 Å². The Hall–Kier alpha value is -1.15. The Kier molecular flexibility index (Phi) is 4.10. The van der Waals surface area contributed by atoms with Crippen LogP contribution in [0.25, 0.3) is 0 Å². The Balaban J connectivity index is 2.56. The van der Waals surface area contributed by atoms with Crippen LogP contribution in [0.2, 0.25) is 5.02 Å². The van der Waals surface area contributed by atoms with Crippen molar-refractivity contribution in [2.24, 2.45) is 7.05 Å². The summed E-state index contributed by atoms with van der Waals surface area (Å²) < 4.78 is 16.4. The molecule has 0 radical (unpaired) electrons. The molecule has 2 rings (SSSR count). The third-order valence-electron chi connectivity index (χ3n) is 2.63. The van der Waals surface area contributed by atoms with Gasteiger partial charge in [0, 0.05) is 23.8 Å². The monoisotopic (exact) mass is 394 g/mol. The average Bonchev–Trinajstić information content (AvgIpc) is 2.34. The largest absolute Gasteiger partial charge is 0.331 e. The van der Waals surface area contributed by atoms with E-state index >= 15 is 0 Å². The summed E-state index contributed by atoms with van der Waals surface area (Å²) in [6.45, 7) is -0.120. The van der Waals surface area contributed by atoms with E-state index in [1.807, 2.05) is 22.6 Å². The predicted octanol–water partition coefficient (Wildman–Crippen LogP) is 1.99. The summed E-state index contributed by atoms with van der Waals surface area (Å²) in [6.07, 6.45) is 1.44. The summed E-state index contributed by atoms with van der Waals surface area (Å²) in [4.78, 5) is 23.8. The van der Waals surface area contributed by atoms with Crippen LogP contribution in [0.3, 0.4) is 0 Å². The predicted molar refractivity (Wildman–Crippen MR) is 79.2 cm³/mol. The van der Waals surface area contributed by atoms with Crippen LogP contribution >= 0.6 is 34.2 Å². The highest BCUT2D eigenvalue weighted by Gasteiger charge is 2.11. The number of hydrogen-bond acceptors (Lipinski definition) is 2. The lowest BCUT2D eigenvalue weighted by atomic mass is 10.2. The molecule has 0 fully saturated rings. The maximum Gasteiger partial charge on any atom is 0.331 e. The van der Waals surface area contributed by atoms with E-state index in [4.69, 9.17) is 11.6 Å². The van der Waals surface area contributed by atoms with Crippen LogP contribution in [0.15, 0.2) is 34.0 Å². The van der Waals surface area contributed by atoms with Gasteiger partial charge in [0.15, 0.2) is 0 Å². The Labute approximate surface area is 126 Å². The van der Waals surface area contributed by atoms with E-state index in [0.29, 0.717) is 3.57 Å². The third kappa shape index (κ3) is 2.89. The van der Waals surface area contributed by atoms with Gasteiger partial charge in [-0.1, -0.05) is 17.7 Å². The number of benzene rings is 1. The molecular formula is C12H9ClFIN2O2. The molecule has 2 aromatic rings. The number of aromatic nitrogens is 2. The SMILES string of the molecule is Cn1cc(I)c(=O)n(Cc2ccc(Cl)cc2F)c1=O. The molecule has 100 valence electrons. The lowest BCUT2D eigenvalue weighted by Gasteiger charge is -2.09. The molecule has 0 aliphatic rings. The molecule has 4 nitrogen and oxygen atoms in total. The number of rotatable bonds is 2. The highest BCUT2D eigenvalue weighted by Crippen LogP contribution is 2.14. The number of aryl methyl sites for hydroxylation is 1. The quantitative estimate of drug-likeness (QED) is 0.731. The first-order valence-corrected chi connectivity index (χ1v) is 6.75. The lowest BCUT2D eigenvalue weighted by Crippen LogP contribution is -2.40. The second kappa shape index (κ2) is 5.46. The minimum Gasteiger partial charge on any atom is -0.302 e. The van der Waals surface area contributed by atoms with Gasteiger partial charge >= 0.3 is 5.69 Å². The minimum atomic E-state index is -0.541. The van der Waals surface area contributed by atoms with Crippen LogP contribution in [0, 0.1) is 9.39 Å². The third-order valence-corrected chi connectivity index (χ3v) is 3.61. The first-order chi connectivity index (χ1) is 8.90. The standard InChI is InChI=1S/C12H9ClFIN2O2/c1-16-6-10(15)11(18)17(12(16)19)5-7-2-3-8(13)4-9(7)14/h2-4,6H,5H2,1H3. The fraction of sp³-hybridized carbons (Fsp3) is 0.167. The molecular weight excluding hydrogens is 385 g/mol. The second-order valence-electron chi connectivity index (χ2n) is 4.00. The van der Waals surface area contributed by atoms with Crippen molar-refractivity contribution in [1.29, 1.82) is 0 Å². The summed E-state index contributed by atoms with van der Waals surface area (Å²) >= 11 is 7.50. The molecule has 0 amide bonds. The molecule has 0 saturated heterocycles. The highest BCUT2D eigenvalue weighted by atomic mass is 127. The number of nitrogens with zero attached hydrogens (tertiary/aromatic N) is 2. The zero-order chi connectivity index (χ0) is 14.2. The lowest BCUT2D eigenvalue weighted by molar-refractivity contribution is 0.576. The van der Waals surface area contributed by atoms with Gasteiger partial charge in [0.05, 0.1) is 10.1 Å². The van der Waals surface area contributed by atoms with E-state index in [9.17, 15) is 14.0 Å². The van der Waals surface area contributed by atoms with Gasteiger partial charge in [-0.05, 0) is 34.7 Å². The van der Waals surface area contributed by atoms with Gasteiger partial charge in [-0.3, -0.25) is 9.36 Å². The highest BCUT2D eigenvalue weighted by molar-refractivity contribution is 14.1. The smallest absolute Gasteiger partial charge is 0.302 e. The van der Waals surface area contributed by atoms with Gasteiger partial charge in [0.2, 0.25) is 0 Å². The van der Waals surface area contributed by atoms with Crippen molar-refractivity contribution in [1.82, 2.24) is 9.13 Å². The molecule has 0 atom stereocenters. The Morgan fingerprint density at radius 3 is 2.68 bits per heavy atom. The van der Waals surface area contributed by atoms with Crippen molar-refractivity contribution in [3.05, 3.63) is 65.2 Å². The van der Waals surface area contributed by atoms with Gasteiger partial charge in [-0.15, -0.1) is 0 Å². The molecule has 0 saturated carbocycles. The van der Waals surface area contributed by atoms with Crippen molar-refractivity contribution in [2.75, 3.05) is 0 Å². The van der Waals surface area contributed by atoms with Crippen LogP contribution in [-0.2, 0) is 13.6 Å². The molecule has 0 spiro atoms. The topological polar surface area (TPSA) is 44.0 Å². The molecule has 1 heterocycles. The van der Waals surface area contributed by atoms with Crippen molar-refractivity contribution in [3.8, 4) is 0 Å². The Bertz CT molecular complexity index is 720. The molecule has 0 bridgehead atoms. The van der Waals surface area contributed by atoms with E-state index in [1.165, 1.54) is 22.9 Å². The molecule has 7 heteroatoms. The van der Waals surface area contributed by atoms with Crippen LogP contribution in [-0.4, -0.2) is 9.13 Å². The van der Waals surface area contributed by atoms with E-state index in [1.54, 1.807) is 7.05 Å². The molecule has 1 aromatic heterocycles. The van der Waals surface area contributed by atoms with Gasteiger partial charge < -0.3 is 4.57 Å². The first-order valence-electron chi connectivity index (χ1n) is 5.30. The van der Waals surface area contributed by atoms with Gasteiger partial charge in [-0.2, -0.15) is 0 Å². The summed E-state index contributed by atoms with van der Waals surface area (Å²) in [5, 5.41) is 0.268. The van der Waals surface area contributed by atoms with Crippen molar-refractivity contribution in [3.63, 3.8) is 0 Å². The molecule has 0 aliphatic heterocycles.